The maximum atomic E-state index is 11.0. The maximum Gasteiger partial charge on any atom is 0.238 e. The first-order chi connectivity index (χ1) is 5.95. The van der Waals surface area contributed by atoms with Crippen molar-refractivity contribution in [2.75, 3.05) is 12.4 Å². The van der Waals surface area contributed by atoms with E-state index in [4.69, 9.17) is 5.14 Å². The van der Waals surface area contributed by atoms with E-state index in [1.165, 1.54) is 12.1 Å². The van der Waals surface area contributed by atoms with Crippen molar-refractivity contribution in [1.82, 2.24) is 0 Å². The molecule has 72 valence electrons. The predicted octanol–water partition coefficient (Wildman–Crippen LogP) is 0.684. The van der Waals surface area contributed by atoms with Crippen LogP contribution in [0, 0.1) is 6.92 Å². The van der Waals surface area contributed by atoms with Gasteiger partial charge in [-0.05, 0) is 24.6 Å². The van der Waals surface area contributed by atoms with E-state index < -0.39 is 10.0 Å². The number of nitrogens with one attached hydrogen (secondary N) is 1. The molecule has 4 nitrogen and oxygen atoms in total. The van der Waals surface area contributed by atoms with Crippen molar-refractivity contribution < 1.29 is 8.42 Å². The molecular weight excluding hydrogens is 188 g/mol. The summed E-state index contributed by atoms with van der Waals surface area (Å²) in [4.78, 5) is 0.127. The average Bonchev–Trinajstić information content (AvgIpc) is 2.03. The molecule has 1 rings (SSSR count). The number of anilines is 1. The third kappa shape index (κ3) is 2.19. The lowest BCUT2D eigenvalue weighted by molar-refractivity contribution is 0.598. The van der Waals surface area contributed by atoms with E-state index in [0.717, 1.165) is 11.3 Å². The molecule has 13 heavy (non-hydrogen) atoms. The van der Waals surface area contributed by atoms with Crippen molar-refractivity contribution in [1.29, 1.82) is 0 Å². The van der Waals surface area contributed by atoms with Gasteiger partial charge in [-0.15, -0.1) is 0 Å². The first-order valence-electron chi connectivity index (χ1n) is 3.76. The summed E-state index contributed by atoms with van der Waals surface area (Å²) < 4.78 is 21.9. The molecule has 0 fully saturated rings. The zero-order chi connectivity index (χ0) is 10.1. The second-order valence-electron chi connectivity index (χ2n) is 2.77. The van der Waals surface area contributed by atoms with Gasteiger partial charge in [0.1, 0.15) is 0 Å². The molecule has 0 atom stereocenters. The third-order valence-corrected chi connectivity index (χ3v) is 2.72. The monoisotopic (exact) mass is 200 g/mol. The summed E-state index contributed by atoms with van der Waals surface area (Å²) in [7, 11) is -1.86. The van der Waals surface area contributed by atoms with Gasteiger partial charge in [0.05, 0.1) is 4.90 Å². The highest BCUT2D eigenvalue weighted by Crippen LogP contribution is 2.18. The summed E-state index contributed by atoms with van der Waals surface area (Å²) in [5.41, 5.74) is 1.75. The van der Waals surface area contributed by atoms with E-state index in [1.807, 2.05) is 6.92 Å². The van der Waals surface area contributed by atoms with Crippen LogP contribution in [0.15, 0.2) is 23.1 Å². The lowest BCUT2D eigenvalue weighted by Crippen LogP contribution is -2.12. The summed E-state index contributed by atoms with van der Waals surface area (Å²) >= 11 is 0. The van der Waals surface area contributed by atoms with Crippen molar-refractivity contribution in [3.63, 3.8) is 0 Å². The maximum absolute atomic E-state index is 11.0. The molecule has 0 amide bonds. The number of benzene rings is 1. The highest BCUT2D eigenvalue weighted by Gasteiger charge is 2.08. The van der Waals surface area contributed by atoms with Gasteiger partial charge in [0.15, 0.2) is 0 Å². The second-order valence-corrected chi connectivity index (χ2v) is 4.33. The Bertz CT molecular complexity index is 412. The normalized spacial score (nSPS) is 11.3. The van der Waals surface area contributed by atoms with Gasteiger partial charge in [-0.1, -0.05) is 6.07 Å². The lowest BCUT2D eigenvalue weighted by atomic mass is 10.2. The average molecular weight is 200 g/mol. The minimum Gasteiger partial charge on any atom is -0.388 e. The Labute approximate surface area is 77.8 Å². The molecule has 0 radical (unpaired) electrons. The number of rotatable bonds is 2. The quantitative estimate of drug-likeness (QED) is 0.737. The second kappa shape index (κ2) is 3.35. The number of aryl methyl sites for hydroxylation is 1. The highest BCUT2D eigenvalue weighted by atomic mass is 32.2. The fourth-order valence-electron chi connectivity index (χ4n) is 1.05. The molecule has 0 spiro atoms. The molecule has 0 aromatic heterocycles. The van der Waals surface area contributed by atoms with Crippen LogP contribution < -0.4 is 10.5 Å². The molecule has 1 aromatic carbocycles. The van der Waals surface area contributed by atoms with E-state index in [1.54, 1.807) is 13.1 Å². The van der Waals surface area contributed by atoms with Crippen LogP contribution in [0.5, 0.6) is 0 Å². The largest absolute Gasteiger partial charge is 0.388 e. The van der Waals surface area contributed by atoms with Crippen LogP contribution in [-0.4, -0.2) is 15.5 Å². The summed E-state index contributed by atoms with van der Waals surface area (Å²) in [6.07, 6.45) is 0. The number of hydrogen-bond donors (Lipinski definition) is 2. The van der Waals surface area contributed by atoms with Crippen LogP contribution in [0.1, 0.15) is 5.56 Å². The van der Waals surface area contributed by atoms with E-state index in [-0.39, 0.29) is 4.90 Å². The van der Waals surface area contributed by atoms with Crippen molar-refractivity contribution in [2.24, 2.45) is 5.14 Å². The molecule has 0 saturated carbocycles. The summed E-state index contributed by atoms with van der Waals surface area (Å²) in [6, 6.07) is 4.72. The predicted molar refractivity (Wildman–Crippen MR) is 52.1 cm³/mol. The molecule has 0 heterocycles. The van der Waals surface area contributed by atoms with Crippen LogP contribution in [-0.2, 0) is 10.0 Å². The van der Waals surface area contributed by atoms with E-state index >= 15 is 0 Å². The highest BCUT2D eigenvalue weighted by molar-refractivity contribution is 7.89. The third-order valence-electron chi connectivity index (χ3n) is 1.81. The van der Waals surface area contributed by atoms with Gasteiger partial charge in [0.2, 0.25) is 10.0 Å². The topological polar surface area (TPSA) is 72.2 Å². The summed E-state index contributed by atoms with van der Waals surface area (Å²) in [5.74, 6) is 0. The van der Waals surface area contributed by atoms with Gasteiger partial charge < -0.3 is 5.32 Å². The lowest BCUT2D eigenvalue weighted by Gasteiger charge is -2.06. The number of primary sulfonamides is 1. The Morgan fingerprint density at radius 2 is 2.00 bits per heavy atom. The van der Waals surface area contributed by atoms with E-state index in [0.29, 0.717) is 0 Å². The van der Waals surface area contributed by atoms with Gasteiger partial charge in [-0.3, -0.25) is 0 Å². The molecule has 0 unspecified atom stereocenters. The first-order valence-corrected chi connectivity index (χ1v) is 5.31. The van der Waals surface area contributed by atoms with Crippen LogP contribution in [0.2, 0.25) is 0 Å². The molecule has 0 bridgehead atoms. The molecule has 5 heteroatoms. The Balaban J connectivity index is 3.30. The van der Waals surface area contributed by atoms with E-state index in [9.17, 15) is 8.42 Å². The molecule has 0 aliphatic heterocycles. The van der Waals surface area contributed by atoms with Crippen LogP contribution >= 0.6 is 0 Å². The standard InChI is InChI=1S/C8H12N2O2S/c1-6-3-4-7(13(9,11)12)5-8(6)10-2/h3-5,10H,1-2H3,(H2,9,11,12). The van der Waals surface area contributed by atoms with Gasteiger partial charge >= 0.3 is 0 Å². The molecule has 0 aliphatic carbocycles. The minimum atomic E-state index is -3.59. The number of hydrogen-bond acceptors (Lipinski definition) is 3. The Morgan fingerprint density at radius 1 is 1.38 bits per heavy atom. The van der Waals surface area contributed by atoms with Crippen molar-refractivity contribution in [2.45, 2.75) is 11.8 Å². The fraction of sp³-hybridized carbons (Fsp3) is 0.250. The molecule has 3 N–H and O–H groups in total. The van der Waals surface area contributed by atoms with Crippen LogP contribution in [0.25, 0.3) is 0 Å². The van der Waals surface area contributed by atoms with Gasteiger partial charge in [0, 0.05) is 12.7 Å². The Kier molecular flexibility index (Phi) is 2.58. The summed E-state index contributed by atoms with van der Waals surface area (Å²) in [6.45, 7) is 1.89. The summed E-state index contributed by atoms with van der Waals surface area (Å²) in [5, 5.41) is 7.86. The molecule has 1 aromatic rings. The van der Waals surface area contributed by atoms with Crippen LogP contribution in [0.4, 0.5) is 5.69 Å². The SMILES string of the molecule is CNc1cc(S(N)(=O)=O)ccc1C. The van der Waals surface area contributed by atoms with Crippen molar-refractivity contribution in [3.8, 4) is 0 Å². The first kappa shape index (κ1) is 10.0. The van der Waals surface area contributed by atoms with Crippen molar-refractivity contribution in [3.05, 3.63) is 23.8 Å². The molecular formula is C8H12N2O2S. The Morgan fingerprint density at radius 3 is 2.46 bits per heavy atom. The molecule has 0 aliphatic rings. The molecule has 0 saturated heterocycles. The van der Waals surface area contributed by atoms with Crippen molar-refractivity contribution >= 4 is 15.7 Å². The van der Waals surface area contributed by atoms with E-state index in [2.05, 4.69) is 5.32 Å². The number of nitrogens with two attached hydrogens (primary N) is 1. The van der Waals surface area contributed by atoms with Gasteiger partial charge in [-0.25, -0.2) is 13.6 Å². The van der Waals surface area contributed by atoms with Gasteiger partial charge in [-0.2, -0.15) is 0 Å². The smallest absolute Gasteiger partial charge is 0.238 e. The fourth-order valence-corrected chi connectivity index (χ4v) is 1.59. The van der Waals surface area contributed by atoms with Crippen LogP contribution in [0.3, 0.4) is 0 Å². The zero-order valence-electron chi connectivity index (χ0n) is 7.53. The minimum absolute atomic E-state index is 0.127. The van der Waals surface area contributed by atoms with Gasteiger partial charge in [0.25, 0.3) is 0 Å². The number of sulfonamides is 1. The zero-order valence-corrected chi connectivity index (χ0v) is 8.35. The Hall–Kier alpha value is -1.07.